The van der Waals surface area contributed by atoms with Crippen LogP contribution >= 0.6 is 0 Å². The molecule has 1 amide bonds. The van der Waals surface area contributed by atoms with E-state index in [9.17, 15) is 4.79 Å². The number of hydrogen-bond donors (Lipinski definition) is 1. The number of hydroxylamine groups is 1. The molecule has 0 heterocycles. The minimum Gasteiger partial charge on any atom is -0.269 e. The van der Waals surface area contributed by atoms with Crippen molar-refractivity contribution >= 4 is 5.91 Å². The van der Waals surface area contributed by atoms with Gasteiger partial charge in [-0.2, -0.15) is 0 Å². The molecule has 3 heteroatoms. The smallest absolute Gasteiger partial charge is 0.269 e. The summed E-state index contributed by atoms with van der Waals surface area (Å²) < 4.78 is 0. The van der Waals surface area contributed by atoms with Gasteiger partial charge in [-0.05, 0) is 30.5 Å². The number of benzene rings is 2. The first kappa shape index (κ1) is 13.3. The Labute approximate surface area is 113 Å². The highest BCUT2D eigenvalue weighted by molar-refractivity contribution is 5.96. The van der Waals surface area contributed by atoms with Crippen molar-refractivity contribution in [3.05, 3.63) is 70.8 Å². The molecular weight excluding hydrogens is 238 g/mol. The van der Waals surface area contributed by atoms with E-state index in [-0.39, 0.29) is 5.91 Å². The number of hydrogen-bond acceptors (Lipinski definition) is 2. The lowest BCUT2D eigenvalue weighted by Crippen LogP contribution is -2.25. The van der Waals surface area contributed by atoms with Gasteiger partial charge >= 0.3 is 0 Å². The van der Waals surface area contributed by atoms with E-state index in [0.29, 0.717) is 12.2 Å². The zero-order chi connectivity index (χ0) is 13.7. The molecule has 0 aliphatic carbocycles. The summed E-state index contributed by atoms with van der Waals surface area (Å²) in [5, 5.41) is 0. The number of carbonyl (C=O) groups is 1. The molecular formula is C16H17NO2. The molecule has 0 bridgehead atoms. The predicted molar refractivity (Wildman–Crippen MR) is 74.6 cm³/mol. The molecule has 0 spiro atoms. The van der Waals surface area contributed by atoms with Crippen LogP contribution in [-0.4, -0.2) is 5.91 Å². The molecule has 2 rings (SSSR count). The van der Waals surface area contributed by atoms with Crippen molar-refractivity contribution in [2.75, 3.05) is 0 Å². The topological polar surface area (TPSA) is 38.3 Å². The fourth-order valence-corrected chi connectivity index (χ4v) is 1.98. The Morgan fingerprint density at radius 2 is 1.63 bits per heavy atom. The summed E-state index contributed by atoms with van der Waals surface area (Å²) in [6.07, 6.45) is 0. The van der Waals surface area contributed by atoms with Crippen LogP contribution in [0.4, 0.5) is 0 Å². The zero-order valence-electron chi connectivity index (χ0n) is 11.1. The quantitative estimate of drug-likeness (QED) is 0.852. The molecule has 0 aromatic heterocycles. The third kappa shape index (κ3) is 3.42. The van der Waals surface area contributed by atoms with Gasteiger partial charge in [0.1, 0.15) is 0 Å². The summed E-state index contributed by atoms with van der Waals surface area (Å²) >= 11 is 0. The molecule has 98 valence electrons. The second kappa shape index (κ2) is 6.16. The van der Waals surface area contributed by atoms with Gasteiger partial charge in [0.05, 0.1) is 6.61 Å². The number of rotatable bonds is 4. The maximum atomic E-state index is 12.0. The van der Waals surface area contributed by atoms with Gasteiger partial charge in [-0.25, -0.2) is 5.48 Å². The van der Waals surface area contributed by atoms with Crippen molar-refractivity contribution in [2.24, 2.45) is 0 Å². The number of aryl methyl sites for hydroxylation is 2. The van der Waals surface area contributed by atoms with E-state index in [0.717, 1.165) is 16.7 Å². The third-order valence-corrected chi connectivity index (χ3v) is 2.95. The normalized spacial score (nSPS) is 10.2. The lowest BCUT2D eigenvalue weighted by Gasteiger charge is -2.10. The van der Waals surface area contributed by atoms with Gasteiger partial charge in [0, 0.05) is 5.56 Å². The first-order valence-corrected chi connectivity index (χ1v) is 6.21. The summed E-state index contributed by atoms with van der Waals surface area (Å²) in [7, 11) is 0. The molecule has 0 atom stereocenters. The number of carbonyl (C=O) groups excluding carboxylic acids is 1. The average Bonchev–Trinajstić information content (AvgIpc) is 2.40. The molecule has 0 radical (unpaired) electrons. The summed E-state index contributed by atoms with van der Waals surface area (Å²) in [6.45, 7) is 4.19. The third-order valence-electron chi connectivity index (χ3n) is 2.95. The molecule has 0 saturated heterocycles. The molecule has 2 aromatic rings. The van der Waals surface area contributed by atoms with Gasteiger partial charge in [-0.15, -0.1) is 0 Å². The van der Waals surface area contributed by atoms with Crippen LogP contribution in [0.2, 0.25) is 0 Å². The highest BCUT2D eigenvalue weighted by atomic mass is 16.6. The highest BCUT2D eigenvalue weighted by Gasteiger charge is 2.11. The molecule has 0 saturated carbocycles. The second-order valence-corrected chi connectivity index (χ2v) is 4.47. The van der Waals surface area contributed by atoms with Crippen molar-refractivity contribution in [1.29, 1.82) is 0 Å². The zero-order valence-corrected chi connectivity index (χ0v) is 11.1. The Morgan fingerprint density at radius 3 is 2.26 bits per heavy atom. The Bertz CT molecular complexity index is 544. The van der Waals surface area contributed by atoms with E-state index in [4.69, 9.17) is 4.84 Å². The van der Waals surface area contributed by atoms with Crippen LogP contribution in [0.5, 0.6) is 0 Å². The largest absolute Gasteiger partial charge is 0.275 e. The van der Waals surface area contributed by atoms with Crippen LogP contribution in [0.1, 0.15) is 27.0 Å². The highest BCUT2D eigenvalue weighted by Crippen LogP contribution is 2.13. The molecule has 0 aliphatic heterocycles. The lowest BCUT2D eigenvalue weighted by atomic mass is 10.0. The van der Waals surface area contributed by atoms with E-state index in [2.05, 4.69) is 5.48 Å². The maximum Gasteiger partial charge on any atom is 0.275 e. The Morgan fingerprint density at radius 1 is 1.00 bits per heavy atom. The van der Waals surface area contributed by atoms with Gasteiger partial charge in [-0.3, -0.25) is 9.63 Å². The second-order valence-electron chi connectivity index (χ2n) is 4.47. The van der Waals surface area contributed by atoms with Crippen molar-refractivity contribution in [2.45, 2.75) is 20.5 Å². The number of amides is 1. The van der Waals surface area contributed by atoms with Crippen molar-refractivity contribution < 1.29 is 9.63 Å². The molecule has 0 aliphatic rings. The Balaban J connectivity index is 1.95. The van der Waals surface area contributed by atoms with Gasteiger partial charge < -0.3 is 0 Å². The fraction of sp³-hybridized carbons (Fsp3) is 0.188. The first-order chi connectivity index (χ1) is 9.18. The van der Waals surface area contributed by atoms with E-state index in [1.807, 2.05) is 62.4 Å². The summed E-state index contributed by atoms with van der Waals surface area (Å²) in [5.41, 5.74) is 6.07. The summed E-state index contributed by atoms with van der Waals surface area (Å²) in [4.78, 5) is 17.3. The van der Waals surface area contributed by atoms with E-state index < -0.39 is 0 Å². The molecule has 19 heavy (non-hydrogen) atoms. The Kier molecular flexibility index (Phi) is 4.31. The van der Waals surface area contributed by atoms with Gasteiger partial charge in [-0.1, -0.05) is 48.5 Å². The monoisotopic (exact) mass is 255 g/mol. The van der Waals surface area contributed by atoms with Crippen LogP contribution in [0.15, 0.2) is 48.5 Å². The molecule has 0 fully saturated rings. The van der Waals surface area contributed by atoms with Gasteiger partial charge in [0.25, 0.3) is 5.91 Å². The fourth-order valence-electron chi connectivity index (χ4n) is 1.98. The Hall–Kier alpha value is -2.13. The number of nitrogens with one attached hydrogen (secondary N) is 1. The van der Waals surface area contributed by atoms with Crippen molar-refractivity contribution in [1.82, 2.24) is 5.48 Å². The van der Waals surface area contributed by atoms with Crippen molar-refractivity contribution in [3.63, 3.8) is 0 Å². The predicted octanol–water partition coefficient (Wildman–Crippen LogP) is 3.17. The average molecular weight is 255 g/mol. The van der Waals surface area contributed by atoms with Crippen LogP contribution in [0.3, 0.4) is 0 Å². The minimum atomic E-state index is -0.202. The SMILES string of the molecule is Cc1cccc(C)c1C(=O)NOCc1ccccc1. The minimum absolute atomic E-state index is 0.202. The van der Waals surface area contributed by atoms with Crippen LogP contribution < -0.4 is 5.48 Å². The molecule has 3 nitrogen and oxygen atoms in total. The van der Waals surface area contributed by atoms with Gasteiger partial charge in [0.15, 0.2) is 0 Å². The van der Waals surface area contributed by atoms with Crippen LogP contribution in [0, 0.1) is 13.8 Å². The van der Waals surface area contributed by atoms with E-state index in [1.165, 1.54) is 0 Å². The summed E-state index contributed by atoms with van der Waals surface area (Å²) in [5.74, 6) is -0.202. The lowest BCUT2D eigenvalue weighted by molar-refractivity contribution is 0.0232. The van der Waals surface area contributed by atoms with Crippen LogP contribution in [-0.2, 0) is 11.4 Å². The van der Waals surface area contributed by atoms with Crippen LogP contribution in [0.25, 0.3) is 0 Å². The maximum absolute atomic E-state index is 12.0. The molecule has 2 aromatic carbocycles. The van der Waals surface area contributed by atoms with E-state index in [1.54, 1.807) is 0 Å². The van der Waals surface area contributed by atoms with Gasteiger partial charge in [0.2, 0.25) is 0 Å². The van der Waals surface area contributed by atoms with Crippen molar-refractivity contribution in [3.8, 4) is 0 Å². The summed E-state index contributed by atoms with van der Waals surface area (Å²) in [6, 6.07) is 15.5. The van der Waals surface area contributed by atoms with E-state index >= 15 is 0 Å². The molecule has 1 N–H and O–H groups in total. The standard InChI is InChI=1S/C16H17NO2/c1-12-7-6-8-13(2)15(12)16(18)17-19-11-14-9-4-3-5-10-14/h3-10H,11H2,1-2H3,(H,17,18). The molecule has 0 unspecified atom stereocenters. The first-order valence-electron chi connectivity index (χ1n) is 6.21.